The number of hydrogen-bond donors (Lipinski definition) is 1. The smallest absolute Gasteiger partial charge is 0.114 e. The Morgan fingerprint density at radius 2 is 1.85 bits per heavy atom. The number of fused-ring (bicyclic) bond motifs is 1. The second kappa shape index (κ2) is 3.00. The molecule has 68 valence electrons. The first-order valence-corrected chi connectivity index (χ1v) is 4.56. The van der Waals surface area contributed by atoms with Crippen molar-refractivity contribution in [2.45, 2.75) is 19.8 Å². The molecular weight excluding hydrogens is 186 g/mol. The maximum Gasteiger partial charge on any atom is 0.114 e. The number of nitrogens with one attached hydrogen (secondary N) is 1. The van der Waals surface area contributed by atoms with Crippen LogP contribution in [0.5, 0.6) is 0 Å². The second-order valence-corrected chi connectivity index (χ2v) is 3.75. The van der Waals surface area contributed by atoms with Gasteiger partial charge in [-0.05, 0) is 23.6 Å². The van der Waals surface area contributed by atoms with Crippen LogP contribution in [0.4, 0.5) is 0 Å². The summed E-state index contributed by atoms with van der Waals surface area (Å²) in [5.74, 6) is 0.411. The summed E-state index contributed by atoms with van der Waals surface area (Å²) in [5, 5.41) is 11.3. The van der Waals surface area contributed by atoms with Crippen molar-refractivity contribution in [2.75, 3.05) is 0 Å². The lowest BCUT2D eigenvalue weighted by molar-refractivity contribution is 0.868. The highest BCUT2D eigenvalue weighted by Crippen LogP contribution is 2.27. The van der Waals surface area contributed by atoms with E-state index >= 15 is 0 Å². The first kappa shape index (κ1) is 8.51. The van der Waals surface area contributed by atoms with E-state index in [-0.39, 0.29) is 0 Å². The molecule has 13 heavy (non-hydrogen) atoms. The fraction of sp³-hybridized carbons (Fsp3) is 0.333. The highest BCUT2D eigenvalue weighted by Gasteiger charge is 2.08. The molecule has 1 N–H and O–H groups in total. The van der Waals surface area contributed by atoms with Gasteiger partial charge in [-0.15, -0.1) is 0 Å². The van der Waals surface area contributed by atoms with E-state index in [1.54, 1.807) is 0 Å². The average molecular weight is 196 g/mol. The van der Waals surface area contributed by atoms with Crippen molar-refractivity contribution in [1.82, 2.24) is 15.4 Å². The van der Waals surface area contributed by atoms with E-state index in [9.17, 15) is 0 Å². The molecule has 3 nitrogen and oxygen atoms in total. The first-order valence-electron chi connectivity index (χ1n) is 4.18. The molecule has 0 fully saturated rings. The van der Waals surface area contributed by atoms with Gasteiger partial charge in [0.15, 0.2) is 0 Å². The summed E-state index contributed by atoms with van der Waals surface area (Å²) in [4.78, 5) is 0. The zero-order chi connectivity index (χ0) is 9.42. The first-order chi connectivity index (χ1) is 6.18. The molecule has 0 radical (unpaired) electrons. The highest BCUT2D eigenvalue weighted by molar-refractivity contribution is 6.32. The molecule has 2 aromatic rings. The third kappa shape index (κ3) is 1.40. The van der Waals surface area contributed by atoms with E-state index in [2.05, 4.69) is 29.3 Å². The van der Waals surface area contributed by atoms with Crippen LogP contribution in [0.25, 0.3) is 11.0 Å². The van der Waals surface area contributed by atoms with E-state index in [4.69, 9.17) is 11.6 Å². The second-order valence-electron chi connectivity index (χ2n) is 3.34. The predicted octanol–water partition coefficient (Wildman–Crippen LogP) is 2.73. The minimum absolute atomic E-state index is 0.411. The Morgan fingerprint density at radius 1 is 1.23 bits per heavy atom. The highest BCUT2D eigenvalue weighted by atomic mass is 35.5. The molecule has 2 rings (SSSR count). The molecule has 0 unspecified atom stereocenters. The Kier molecular flexibility index (Phi) is 1.96. The molecule has 0 spiro atoms. The van der Waals surface area contributed by atoms with Crippen molar-refractivity contribution in [3.05, 3.63) is 22.7 Å². The molecular formula is C9H10ClN3. The average Bonchev–Trinajstić information content (AvgIpc) is 2.48. The van der Waals surface area contributed by atoms with Gasteiger partial charge in [0.25, 0.3) is 0 Å². The monoisotopic (exact) mass is 195 g/mol. The van der Waals surface area contributed by atoms with Gasteiger partial charge in [0.2, 0.25) is 0 Å². The van der Waals surface area contributed by atoms with Gasteiger partial charge < -0.3 is 0 Å². The van der Waals surface area contributed by atoms with Gasteiger partial charge in [0.05, 0.1) is 0 Å². The Bertz CT molecular complexity index is 433. The Balaban J connectivity index is 2.69. The lowest BCUT2D eigenvalue weighted by Gasteiger charge is -2.06. The van der Waals surface area contributed by atoms with E-state index in [0.29, 0.717) is 5.92 Å². The molecule has 0 saturated carbocycles. The lowest BCUT2D eigenvalue weighted by atomic mass is 10.0. The van der Waals surface area contributed by atoms with Crippen molar-refractivity contribution >= 4 is 22.6 Å². The number of hydrogen-bond acceptors (Lipinski definition) is 2. The summed E-state index contributed by atoms with van der Waals surface area (Å²) in [6.07, 6.45) is 0. The Labute approximate surface area is 81.1 Å². The third-order valence-corrected chi connectivity index (χ3v) is 2.38. The summed E-state index contributed by atoms with van der Waals surface area (Å²) in [6, 6.07) is 3.82. The minimum atomic E-state index is 0.411. The van der Waals surface area contributed by atoms with Crippen LogP contribution in [0, 0.1) is 0 Å². The molecule has 1 aromatic carbocycles. The largest absolute Gasteiger partial charge is 0.197 e. The van der Waals surface area contributed by atoms with E-state index in [1.807, 2.05) is 12.1 Å². The minimum Gasteiger partial charge on any atom is -0.197 e. The normalized spacial score (nSPS) is 11.4. The van der Waals surface area contributed by atoms with Crippen molar-refractivity contribution in [3.8, 4) is 0 Å². The maximum absolute atomic E-state index is 6.07. The summed E-state index contributed by atoms with van der Waals surface area (Å²) in [7, 11) is 0. The van der Waals surface area contributed by atoms with Crippen LogP contribution in [0.15, 0.2) is 12.1 Å². The lowest BCUT2D eigenvalue weighted by Crippen LogP contribution is -1.88. The molecule has 0 aliphatic heterocycles. The molecule has 0 atom stereocenters. The van der Waals surface area contributed by atoms with Crippen LogP contribution < -0.4 is 0 Å². The predicted molar refractivity (Wildman–Crippen MR) is 53.0 cm³/mol. The maximum atomic E-state index is 6.07. The number of benzene rings is 1. The molecule has 0 saturated heterocycles. The fourth-order valence-electron chi connectivity index (χ4n) is 1.32. The van der Waals surface area contributed by atoms with Gasteiger partial charge in [0, 0.05) is 5.02 Å². The van der Waals surface area contributed by atoms with Crippen LogP contribution in [-0.4, -0.2) is 15.4 Å². The number of nitrogens with zero attached hydrogens (tertiary/aromatic N) is 2. The van der Waals surface area contributed by atoms with Gasteiger partial charge in [-0.3, -0.25) is 0 Å². The third-order valence-electron chi connectivity index (χ3n) is 2.06. The van der Waals surface area contributed by atoms with Crippen molar-refractivity contribution in [1.29, 1.82) is 0 Å². The van der Waals surface area contributed by atoms with Gasteiger partial charge in [-0.25, -0.2) is 0 Å². The Morgan fingerprint density at radius 3 is 2.46 bits per heavy atom. The van der Waals surface area contributed by atoms with Gasteiger partial charge in [-0.1, -0.05) is 25.4 Å². The SMILES string of the molecule is CC(C)c1cc2n[nH]nc2cc1Cl. The Hall–Kier alpha value is -1.09. The van der Waals surface area contributed by atoms with Gasteiger partial charge in [0.1, 0.15) is 11.0 Å². The van der Waals surface area contributed by atoms with Gasteiger partial charge >= 0.3 is 0 Å². The molecule has 4 heteroatoms. The van der Waals surface area contributed by atoms with E-state index in [0.717, 1.165) is 21.6 Å². The molecule has 0 bridgehead atoms. The number of H-pyrrole nitrogens is 1. The molecule has 1 aromatic heterocycles. The van der Waals surface area contributed by atoms with Gasteiger partial charge in [-0.2, -0.15) is 15.4 Å². The number of halogens is 1. The molecule has 1 heterocycles. The molecule has 0 aliphatic carbocycles. The zero-order valence-corrected chi connectivity index (χ0v) is 8.26. The summed E-state index contributed by atoms with van der Waals surface area (Å²) in [6.45, 7) is 4.21. The number of aromatic amines is 1. The summed E-state index contributed by atoms with van der Waals surface area (Å²) in [5.41, 5.74) is 2.80. The van der Waals surface area contributed by atoms with E-state index < -0.39 is 0 Å². The standard InChI is InChI=1S/C9H10ClN3/c1-5(2)6-3-8-9(4-7(6)10)12-13-11-8/h3-5H,1-2H3,(H,11,12,13). The summed E-state index contributed by atoms with van der Waals surface area (Å²) < 4.78 is 0. The van der Waals surface area contributed by atoms with Crippen LogP contribution in [-0.2, 0) is 0 Å². The van der Waals surface area contributed by atoms with Crippen molar-refractivity contribution in [2.24, 2.45) is 0 Å². The van der Waals surface area contributed by atoms with Crippen LogP contribution in [0.3, 0.4) is 0 Å². The fourth-order valence-corrected chi connectivity index (χ4v) is 1.70. The number of aromatic nitrogens is 3. The molecule has 0 amide bonds. The van der Waals surface area contributed by atoms with E-state index in [1.165, 1.54) is 0 Å². The van der Waals surface area contributed by atoms with Crippen LogP contribution in [0.1, 0.15) is 25.3 Å². The van der Waals surface area contributed by atoms with Crippen LogP contribution >= 0.6 is 11.6 Å². The van der Waals surface area contributed by atoms with Crippen molar-refractivity contribution < 1.29 is 0 Å². The summed E-state index contributed by atoms with van der Waals surface area (Å²) >= 11 is 6.07. The van der Waals surface area contributed by atoms with Crippen molar-refractivity contribution in [3.63, 3.8) is 0 Å². The number of rotatable bonds is 1. The quantitative estimate of drug-likeness (QED) is 0.760. The van der Waals surface area contributed by atoms with Crippen LogP contribution in [0.2, 0.25) is 5.02 Å². The topological polar surface area (TPSA) is 41.6 Å². The zero-order valence-electron chi connectivity index (χ0n) is 7.50. The molecule has 0 aliphatic rings.